The highest BCUT2D eigenvalue weighted by Crippen LogP contribution is 2.37. The second-order valence-corrected chi connectivity index (χ2v) is 4.74. The summed E-state index contributed by atoms with van der Waals surface area (Å²) in [6.07, 6.45) is 0.505. The Kier molecular flexibility index (Phi) is 4.50. The Morgan fingerprint density at radius 2 is 2.21 bits per heavy atom. The summed E-state index contributed by atoms with van der Waals surface area (Å²) in [7, 11) is 3.13. The molecule has 1 aromatic rings. The molecule has 0 aromatic heterocycles. The van der Waals surface area contributed by atoms with E-state index in [1.54, 1.807) is 14.2 Å². The Morgan fingerprint density at radius 3 is 2.79 bits per heavy atom. The zero-order valence-corrected chi connectivity index (χ0v) is 11.7. The maximum absolute atomic E-state index is 11.1. The van der Waals surface area contributed by atoms with Crippen LogP contribution >= 0.6 is 11.6 Å². The number of hydrogen-bond acceptors (Lipinski definition) is 4. The highest BCUT2D eigenvalue weighted by Gasteiger charge is 2.21. The maximum atomic E-state index is 11.1. The zero-order valence-electron chi connectivity index (χ0n) is 11.0. The van der Waals surface area contributed by atoms with Crippen molar-refractivity contribution in [2.45, 2.75) is 19.0 Å². The molecular weight excluding hydrogens is 268 g/mol. The van der Waals surface area contributed by atoms with Gasteiger partial charge in [-0.05, 0) is 11.6 Å². The molecule has 1 aliphatic rings. The van der Waals surface area contributed by atoms with Crippen LogP contribution in [-0.2, 0) is 11.3 Å². The molecule has 2 rings (SSSR count). The van der Waals surface area contributed by atoms with Crippen molar-refractivity contribution in [3.63, 3.8) is 0 Å². The Morgan fingerprint density at radius 1 is 1.42 bits per heavy atom. The van der Waals surface area contributed by atoms with Gasteiger partial charge in [0.05, 0.1) is 19.2 Å². The fourth-order valence-electron chi connectivity index (χ4n) is 2.07. The number of methoxy groups -OCH3 is 2. The Bertz CT molecular complexity index is 479. The van der Waals surface area contributed by atoms with Crippen LogP contribution in [0.25, 0.3) is 0 Å². The summed E-state index contributed by atoms with van der Waals surface area (Å²) in [6, 6.07) is 3.86. The molecule has 6 heteroatoms. The molecule has 1 amide bonds. The lowest BCUT2D eigenvalue weighted by Crippen LogP contribution is -2.30. The predicted molar refractivity (Wildman–Crippen MR) is 72.8 cm³/mol. The van der Waals surface area contributed by atoms with Crippen LogP contribution < -0.4 is 20.1 Å². The van der Waals surface area contributed by atoms with E-state index in [4.69, 9.17) is 21.1 Å². The van der Waals surface area contributed by atoms with E-state index < -0.39 is 0 Å². The van der Waals surface area contributed by atoms with Crippen LogP contribution in [0.2, 0.25) is 5.02 Å². The van der Waals surface area contributed by atoms with Gasteiger partial charge in [-0.25, -0.2) is 0 Å². The SMILES string of the molecule is COc1ccc(CNC2CNC(=O)C2)c(Cl)c1OC. The van der Waals surface area contributed by atoms with E-state index in [-0.39, 0.29) is 11.9 Å². The smallest absolute Gasteiger partial charge is 0.221 e. The first kappa shape index (κ1) is 14.0. The molecule has 19 heavy (non-hydrogen) atoms. The molecular formula is C13H17ClN2O3. The third-order valence-electron chi connectivity index (χ3n) is 3.12. The van der Waals surface area contributed by atoms with Crippen molar-refractivity contribution in [2.24, 2.45) is 0 Å². The largest absolute Gasteiger partial charge is 0.493 e. The van der Waals surface area contributed by atoms with Gasteiger partial charge >= 0.3 is 0 Å². The lowest BCUT2D eigenvalue weighted by molar-refractivity contribution is -0.119. The quantitative estimate of drug-likeness (QED) is 0.857. The van der Waals surface area contributed by atoms with Crippen molar-refractivity contribution in [3.05, 3.63) is 22.7 Å². The van der Waals surface area contributed by atoms with E-state index in [1.807, 2.05) is 12.1 Å². The number of carbonyl (C=O) groups is 1. The minimum atomic E-state index is 0.0795. The Labute approximate surface area is 117 Å². The Hall–Kier alpha value is -1.46. The van der Waals surface area contributed by atoms with Gasteiger partial charge in [-0.1, -0.05) is 17.7 Å². The summed E-state index contributed by atoms with van der Waals surface area (Å²) in [6.45, 7) is 1.24. The molecule has 0 radical (unpaired) electrons. The van der Waals surface area contributed by atoms with Crippen LogP contribution in [0.15, 0.2) is 12.1 Å². The van der Waals surface area contributed by atoms with Crippen LogP contribution in [0, 0.1) is 0 Å². The average molecular weight is 285 g/mol. The van der Waals surface area contributed by atoms with Crippen molar-refractivity contribution in [1.82, 2.24) is 10.6 Å². The number of amides is 1. The van der Waals surface area contributed by atoms with E-state index in [9.17, 15) is 4.79 Å². The fourth-order valence-corrected chi connectivity index (χ4v) is 2.37. The highest BCUT2D eigenvalue weighted by atomic mass is 35.5. The van der Waals surface area contributed by atoms with Crippen LogP contribution in [-0.4, -0.2) is 32.7 Å². The van der Waals surface area contributed by atoms with Gasteiger partial charge in [0, 0.05) is 25.6 Å². The average Bonchev–Trinajstić information content (AvgIpc) is 2.82. The van der Waals surface area contributed by atoms with Gasteiger partial charge in [-0.15, -0.1) is 0 Å². The molecule has 0 saturated carbocycles. The summed E-state index contributed by atoms with van der Waals surface area (Å²) in [5.74, 6) is 1.22. The summed E-state index contributed by atoms with van der Waals surface area (Å²) in [4.78, 5) is 11.1. The molecule has 0 bridgehead atoms. The van der Waals surface area contributed by atoms with E-state index >= 15 is 0 Å². The normalized spacial score (nSPS) is 18.3. The number of carbonyl (C=O) groups excluding carboxylic acids is 1. The van der Waals surface area contributed by atoms with Crippen LogP contribution in [0.1, 0.15) is 12.0 Å². The van der Waals surface area contributed by atoms with Crippen LogP contribution in [0.3, 0.4) is 0 Å². The standard InChI is InChI=1S/C13H17ClN2O3/c1-18-10-4-3-8(12(14)13(10)19-2)6-15-9-5-11(17)16-7-9/h3-4,9,15H,5-7H2,1-2H3,(H,16,17). The number of benzene rings is 1. The van der Waals surface area contributed by atoms with Gasteiger partial charge in [0.15, 0.2) is 11.5 Å². The monoisotopic (exact) mass is 284 g/mol. The third-order valence-corrected chi connectivity index (χ3v) is 3.54. The van der Waals surface area contributed by atoms with Gasteiger partial charge in [0.1, 0.15) is 0 Å². The van der Waals surface area contributed by atoms with Gasteiger partial charge in [-0.2, -0.15) is 0 Å². The first-order chi connectivity index (χ1) is 9.15. The number of rotatable bonds is 5. The molecule has 0 spiro atoms. The predicted octanol–water partition coefficient (Wildman–Crippen LogP) is 1.34. The van der Waals surface area contributed by atoms with Crippen molar-refractivity contribution in [1.29, 1.82) is 0 Å². The zero-order chi connectivity index (χ0) is 13.8. The lowest BCUT2D eigenvalue weighted by Gasteiger charge is -2.15. The number of ether oxygens (including phenoxy) is 2. The van der Waals surface area contributed by atoms with Crippen molar-refractivity contribution in [3.8, 4) is 11.5 Å². The number of nitrogens with one attached hydrogen (secondary N) is 2. The molecule has 1 fully saturated rings. The second kappa shape index (κ2) is 6.12. The molecule has 1 aliphatic heterocycles. The molecule has 5 nitrogen and oxygen atoms in total. The Balaban J connectivity index is 2.06. The molecule has 1 aromatic carbocycles. The molecule has 1 saturated heterocycles. The van der Waals surface area contributed by atoms with Crippen molar-refractivity contribution < 1.29 is 14.3 Å². The molecule has 1 heterocycles. The lowest BCUT2D eigenvalue weighted by atomic mass is 10.1. The summed E-state index contributed by atoms with van der Waals surface area (Å²) in [5, 5.41) is 6.61. The topological polar surface area (TPSA) is 59.6 Å². The van der Waals surface area contributed by atoms with Gasteiger partial charge < -0.3 is 20.1 Å². The second-order valence-electron chi connectivity index (χ2n) is 4.36. The first-order valence-corrected chi connectivity index (χ1v) is 6.43. The van der Waals surface area contributed by atoms with E-state index in [0.717, 1.165) is 5.56 Å². The van der Waals surface area contributed by atoms with Crippen molar-refractivity contribution >= 4 is 17.5 Å². The minimum Gasteiger partial charge on any atom is -0.493 e. The van der Waals surface area contributed by atoms with E-state index in [1.165, 1.54) is 0 Å². The van der Waals surface area contributed by atoms with E-state index in [2.05, 4.69) is 10.6 Å². The molecule has 2 N–H and O–H groups in total. The minimum absolute atomic E-state index is 0.0795. The van der Waals surface area contributed by atoms with Crippen LogP contribution in [0.5, 0.6) is 11.5 Å². The fraction of sp³-hybridized carbons (Fsp3) is 0.462. The highest BCUT2D eigenvalue weighted by molar-refractivity contribution is 6.33. The van der Waals surface area contributed by atoms with Gasteiger partial charge in [0.2, 0.25) is 5.91 Å². The molecule has 104 valence electrons. The van der Waals surface area contributed by atoms with E-state index in [0.29, 0.717) is 36.0 Å². The molecule has 0 aliphatic carbocycles. The summed E-state index contributed by atoms with van der Waals surface area (Å²) >= 11 is 6.28. The van der Waals surface area contributed by atoms with Crippen molar-refractivity contribution in [2.75, 3.05) is 20.8 Å². The maximum Gasteiger partial charge on any atom is 0.221 e. The number of hydrogen-bond donors (Lipinski definition) is 2. The third kappa shape index (κ3) is 3.11. The van der Waals surface area contributed by atoms with Gasteiger partial charge in [-0.3, -0.25) is 4.79 Å². The molecule has 1 unspecified atom stereocenters. The number of halogens is 1. The molecule has 1 atom stereocenters. The summed E-state index contributed by atoms with van der Waals surface area (Å²) < 4.78 is 10.4. The van der Waals surface area contributed by atoms with Crippen LogP contribution in [0.4, 0.5) is 0 Å². The first-order valence-electron chi connectivity index (χ1n) is 6.05. The van der Waals surface area contributed by atoms with Gasteiger partial charge in [0.25, 0.3) is 0 Å². The summed E-state index contributed by atoms with van der Waals surface area (Å²) in [5.41, 5.74) is 0.915.